The monoisotopic (exact) mass is 254 g/mol. The molecule has 1 atom stereocenters. The van der Waals surface area contributed by atoms with Gasteiger partial charge in [0.2, 0.25) is 0 Å². The number of hydrogen-bond acceptors (Lipinski definition) is 3. The van der Waals surface area contributed by atoms with Gasteiger partial charge < -0.3 is 10.5 Å². The van der Waals surface area contributed by atoms with Crippen LogP contribution >= 0.6 is 0 Å². The molecule has 1 aliphatic carbocycles. The number of hydrogen-bond donors (Lipinski definition) is 1. The van der Waals surface area contributed by atoms with Crippen LogP contribution in [0.5, 0.6) is 0 Å². The highest BCUT2D eigenvalue weighted by atomic mass is 16.5. The highest BCUT2D eigenvalue weighted by molar-refractivity contribution is 4.93. The zero-order chi connectivity index (χ0) is 13.2. The first-order valence-electron chi connectivity index (χ1n) is 7.57. The number of likely N-dealkylation sites (N-methyl/N-ethyl adjacent to an activating group) is 1. The summed E-state index contributed by atoms with van der Waals surface area (Å²) in [6.07, 6.45) is 9.60. The zero-order valence-electron chi connectivity index (χ0n) is 12.4. The Morgan fingerprint density at radius 3 is 2.50 bits per heavy atom. The highest BCUT2D eigenvalue weighted by Crippen LogP contribution is 2.42. The lowest BCUT2D eigenvalue weighted by Crippen LogP contribution is -2.50. The molecule has 0 aromatic heterocycles. The zero-order valence-corrected chi connectivity index (χ0v) is 12.4. The lowest BCUT2D eigenvalue weighted by Gasteiger charge is -2.37. The van der Waals surface area contributed by atoms with Crippen LogP contribution < -0.4 is 5.73 Å². The van der Waals surface area contributed by atoms with Crippen molar-refractivity contribution in [1.82, 2.24) is 4.90 Å². The van der Waals surface area contributed by atoms with Crippen molar-refractivity contribution in [3.8, 4) is 0 Å². The Balaban J connectivity index is 1.85. The number of nitrogens with zero attached hydrogens (tertiary/aromatic N) is 1. The van der Waals surface area contributed by atoms with Crippen LogP contribution in [0, 0.1) is 0 Å². The molecule has 106 valence electrons. The number of ether oxygens (including phenoxy) is 1. The van der Waals surface area contributed by atoms with Gasteiger partial charge in [-0.1, -0.05) is 19.3 Å². The normalized spacial score (nSPS) is 28.2. The summed E-state index contributed by atoms with van der Waals surface area (Å²) in [4.78, 5) is 2.36. The van der Waals surface area contributed by atoms with Crippen molar-refractivity contribution >= 4 is 0 Å². The highest BCUT2D eigenvalue weighted by Gasteiger charge is 2.41. The molecule has 0 amide bonds. The van der Waals surface area contributed by atoms with Crippen molar-refractivity contribution < 1.29 is 4.74 Å². The molecule has 0 aromatic rings. The maximum atomic E-state index is 6.42. The van der Waals surface area contributed by atoms with E-state index in [0.717, 1.165) is 6.54 Å². The molecule has 1 aliphatic heterocycles. The van der Waals surface area contributed by atoms with Gasteiger partial charge in [-0.25, -0.2) is 0 Å². The smallest absolute Gasteiger partial charge is 0.0710 e. The molecule has 1 spiro atoms. The van der Waals surface area contributed by atoms with Crippen LogP contribution in [0.25, 0.3) is 0 Å². The van der Waals surface area contributed by atoms with Gasteiger partial charge in [-0.15, -0.1) is 0 Å². The van der Waals surface area contributed by atoms with E-state index >= 15 is 0 Å². The molecule has 2 rings (SSSR count). The summed E-state index contributed by atoms with van der Waals surface area (Å²) in [6, 6.07) is 0. The summed E-state index contributed by atoms with van der Waals surface area (Å²) in [6.45, 7) is 6.13. The van der Waals surface area contributed by atoms with Crippen LogP contribution in [0.3, 0.4) is 0 Å². The minimum Gasteiger partial charge on any atom is -0.370 e. The summed E-state index contributed by atoms with van der Waals surface area (Å²) >= 11 is 0. The van der Waals surface area contributed by atoms with Gasteiger partial charge in [0, 0.05) is 18.6 Å². The Kier molecular flexibility index (Phi) is 4.35. The average molecular weight is 254 g/mol. The molecule has 18 heavy (non-hydrogen) atoms. The SMILES string of the molecule is CN(CC1CCC2(CCCCC2)O1)C(C)(C)CN. The molecule has 0 radical (unpaired) electrons. The second-order valence-corrected chi connectivity index (χ2v) is 6.92. The van der Waals surface area contributed by atoms with E-state index in [1.54, 1.807) is 0 Å². The molecule has 0 bridgehead atoms. The van der Waals surface area contributed by atoms with E-state index in [1.807, 2.05) is 0 Å². The van der Waals surface area contributed by atoms with Crippen molar-refractivity contribution in [1.29, 1.82) is 0 Å². The number of rotatable bonds is 4. The van der Waals surface area contributed by atoms with Gasteiger partial charge in [-0.2, -0.15) is 0 Å². The van der Waals surface area contributed by atoms with Gasteiger partial charge >= 0.3 is 0 Å². The fraction of sp³-hybridized carbons (Fsp3) is 1.00. The summed E-state index contributed by atoms with van der Waals surface area (Å²) in [7, 11) is 2.17. The third-order valence-electron chi connectivity index (χ3n) is 5.11. The largest absolute Gasteiger partial charge is 0.370 e. The van der Waals surface area contributed by atoms with Crippen LogP contribution in [0.4, 0.5) is 0 Å². The first kappa shape index (κ1) is 14.3. The molecular weight excluding hydrogens is 224 g/mol. The standard InChI is InChI=1S/C15H30N2O/c1-14(2,12-16)17(3)11-13-7-10-15(18-13)8-5-4-6-9-15/h13H,4-12,16H2,1-3H3. The minimum absolute atomic E-state index is 0.0751. The summed E-state index contributed by atoms with van der Waals surface area (Å²) < 4.78 is 6.42. The molecule has 2 aliphatic rings. The van der Waals surface area contributed by atoms with Crippen LogP contribution in [-0.4, -0.2) is 42.3 Å². The van der Waals surface area contributed by atoms with Crippen LogP contribution in [-0.2, 0) is 4.74 Å². The van der Waals surface area contributed by atoms with E-state index in [-0.39, 0.29) is 11.1 Å². The Labute approximate surface area is 112 Å². The lowest BCUT2D eigenvalue weighted by atomic mass is 9.83. The van der Waals surface area contributed by atoms with Crippen molar-refractivity contribution in [2.24, 2.45) is 5.73 Å². The van der Waals surface area contributed by atoms with Gasteiger partial charge in [-0.05, 0) is 46.6 Å². The fourth-order valence-electron chi connectivity index (χ4n) is 3.30. The van der Waals surface area contributed by atoms with E-state index in [4.69, 9.17) is 10.5 Å². The first-order valence-corrected chi connectivity index (χ1v) is 7.57. The molecule has 1 unspecified atom stereocenters. The second-order valence-electron chi connectivity index (χ2n) is 6.92. The topological polar surface area (TPSA) is 38.5 Å². The molecule has 2 N–H and O–H groups in total. The van der Waals surface area contributed by atoms with Gasteiger partial charge in [0.25, 0.3) is 0 Å². The average Bonchev–Trinajstić information content (AvgIpc) is 2.73. The van der Waals surface area contributed by atoms with E-state index in [0.29, 0.717) is 12.6 Å². The Hall–Kier alpha value is -0.120. The van der Waals surface area contributed by atoms with Crippen molar-refractivity contribution in [3.63, 3.8) is 0 Å². The maximum absolute atomic E-state index is 6.42. The Bertz CT molecular complexity index is 272. The third kappa shape index (κ3) is 3.06. The van der Waals surface area contributed by atoms with Crippen molar-refractivity contribution in [3.05, 3.63) is 0 Å². The van der Waals surface area contributed by atoms with E-state index < -0.39 is 0 Å². The van der Waals surface area contributed by atoms with Crippen molar-refractivity contribution in [2.75, 3.05) is 20.1 Å². The van der Waals surface area contributed by atoms with Gasteiger partial charge in [0.05, 0.1) is 11.7 Å². The first-order chi connectivity index (χ1) is 8.47. The molecule has 3 heteroatoms. The molecule has 1 heterocycles. The molecule has 0 aromatic carbocycles. The molecule has 1 saturated carbocycles. The van der Waals surface area contributed by atoms with Gasteiger partial charge in [-0.3, -0.25) is 4.90 Å². The lowest BCUT2D eigenvalue weighted by molar-refractivity contribution is -0.0759. The Morgan fingerprint density at radius 1 is 1.22 bits per heavy atom. The van der Waals surface area contributed by atoms with E-state index in [9.17, 15) is 0 Å². The van der Waals surface area contributed by atoms with Crippen molar-refractivity contribution in [2.45, 2.75) is 76.0 Å². The van der Waals surface area contributed by atoms with E-state index in [1.165, 1.54) is 44.9 Å². The quantitative estimate of drug-likeness (QED) is 0.838. The molecule has 1 saturated heterocycles. The summed E-state index contributed by atoms with van der Waals surface area (Å²) in [5, 5.41) is 0. The van der Waals surface area contributed by atoms with Crippen LogP contribution in [0.1, 0.15) is 58.8 Å². The third-order valence-corrected chi connectivity index (χ3v) is 5.11. The molecule has 2 fully saturated rings. The summed E-state index contributed by atoms with van der Waals surface area (Å²) in [5.74, 6) is 0. The van der Waals surface area contributed by atoms with E-state index in [2.05, 4.69) is 25.8 Å². The second kappa shape index (κ2) is 5.48. The predicted octanol–water partition coefficient (Wildman–Crippen LogP) is 2.54. The fourth-order valence-corrected chi connectivity index (χ4v) is 3.30. The van der Waals surface area contributed by atoms with Gasteiger partial charge in [0.1, 0.15) is 0 Å². The van der Waals surface area contributed by atoms with Crippen LogP contribution in [0.2, 0.25) is 0 Å². The number of nitrogens with two attached hydrogens (primary N) is 1. The molecule has 3 nitrogen and oxygen atoms in total. The van der Waals surface area contributed by atoms with Crippen LogP contribution in [0.15, 0.2) is 0 Å². The maximum Gasteiger partial charge on any atom is 0.0710 e. The minimum atomic E-state index is 0.0751. The molecular formula is C15H30N2O. The van der Waals surface area contributed by atoms with Gasteiger partial charge in [0.15, 0.2) is 0 Å². The summed E-state index contributed by atoms with van der Waals surface area (Å²) in [5.41, 5.74) is 6.16. The Morgan fingerprint density at radius 2 is 1.89 bits per heavy atom. The predicted molar refractivity (Wildman–Crippen MR) is 75.7 cm³/mol.